The van der Waals surface area contributed by atoms with Gasteiger partial charge in [0.1, 0.15) is 0 Å². The van der Waals surface area contributed by atoms with Gasteiger partial charge in [0.2, 0.25) is 5.91 Å². The van der Waals surface area contributed by atoms with Crippen LogP contribution in [0.3, 0.4) is 0 Å². The number of ketones is 1. The van der Waals surface area contributed by atoms with Crippen molar-refractivity contribution in [2.75, 3.05) is 6.54 Å². The van der Waals surface area contributed by atoms with E-state index in [2.05, 4.69) is 0 Å². The summed E-state index contributed by atoms with van der Waals surface area (Å²) in [5.74, 6) is 0.269. The van der Waals surface area contributed by atoms with Crippen LogP contribution >= 0.6 is 0 Å². The number of rotatable bonds is 3. The first-order valence-electron chi connectivity index (χ1n) is 6.67. The van der Waals surface area contributed by atoms with Crippen molar-refractivity contribution in [1.82, 2.24) is 4.90 Å². The molecule has 19 heavy (non-hydrogen) atoms. The fourth-order valence-electron chi connectivity index (χ4n) is 2.24. The number of benzene rings is 1. The molecule has 3 heteroatoms. The molecular formula is C16H19NO2. The van der Waals surface area contributed by atoms with Crippen LogP contribution in [0.4, 0.5) is 0 Å². The predicted octanol–water partition coefficient (Wildman–Crippen LogP) is 3.26. The van der Waals surface area contributed by atoms with Crippen LogP contribution < -0.4 is 0 Å². The molecule has 1 aromatic carbocycles. The molecule has 1 saturated heterocycles. The lowest BCUT2D eigenvalue weighted by Gasteiger charge is -2.24. The Bertz CT molecular complexity index is 514. The smallest absolute Gasteiger partial charge is 0.226 e. The highest BCUT2D eigenvalue weighted by molar-refractivity contribution is 5.94. The first-order chi connectivity index (χ1) is 9.08. The van der Waals surface area contributed by atoms with Gasteiger partial charge in [-0.15, -0.1) is 0 Å². The van der Waals surface area contributed by atoms with Crippen LogP contribution in [-0.2, 0) is 4.79 Å². The van der Waals surface area contributed by atoms with Crippen LogP contribution in [-0.4, -0.2) is 23.1 Å². The zero-order valence-electron chi connectivity index (χ0n) is 11.5. The van der Waals surface area contributed by atoms with E-state index < -0.39 is 0 Å². The second-order valence-electron chi connectivity index (χ2n) is 4.99. The highest BCUT2D eigenvalue weighted by Crippen LogP contribution is 2.18. The van der Waals surface area contributed by atoms with Crippen molar-refractivity contribution >= 4 is 17.3 Å². The van der Waals surface area contributed by atoms with E-state index in [1.165, 1.54) is 0 Å². The van der Waals surface area contributed by atoms with Gasteiger partial charge < -0.3 is 4.90 Å². The number of hydrogen-bond acceptors (Lipinski definition) is 2. The van der Waals surface area contributed by atoms with Gasteiger partial charge in [-0.2, -0.15) is 0 Å². The lowest BCUT2D eigenvalue weighted by molar-refractivity contribution is -0.130. The normalized spacial score (nSPS) is 16.6. The molecule has 1 aliphatic rings. The van der Waals surface area contributed by atoms with E-state index in [-0.39, 0.29) is 11.7 Å². The third-order valence-corrected chi connectivity index (χ3v) is 3.46. The Morgan fingerprint density at radius 2 is 1.74 bits per heavy atom. The molecule has 0 radical (unpaired) electrons. The summed E-state index contributed by atoms with van der Waals surface area (Å²) in [5.41, 5.74) is 2.80. The molecule has 0 unspecified atom stereocenters. The average Bonchev–Trinajstić information content (AvgIpc) is 2.41. The van der Waals surface area contributed by atoms with Gasteiger partial charge in [0.25, 0.3) is 0 Å². The summed E-state index contributed by atoms with van der Waals surface area (Å²) in [6.07, 6.45) is 4.63. The van der Waals surface area contributed by atoms with Crippen LogP contribution in [0, 0.1) is 0 Å². The largest absolute Gasteiger partial charge is 0.319 e. The molecule has 1 fully saturated rings. The van der Waals surface area contributed by atoms with Crippen molar-refractivity contribution < 1.29 is 9.59 Å². The molecule has 0 N–H and O–H groups in total. The monoisotopic (exact) mass is 257 g/mol. The third kappa shape index (κ3) is 3.31. The van der Waals surface area contributed by atoms with Crippen molar-refractivity contribution in [2.45, 2.75) is 33.1 Å². The third-order valence-electron chi connectivity index (χ3n) is 3.46. The van der Waals surface area contributed by atoms with Gasteiger partial charge >= 0.3 is 0 Å². The molecule has 3 nitrogen and oxygen atoms in total. The topological polar surface area (TPSA) is 37.4 Å². The van der Waals surface area contributed by atoms with E-state index in [9.17, 15) is 9.59 Å². The summed E-state index contributed by atoms with van der Waals surface area (Å²) in [6.45, 7) is 4.36. The van der Waals surface area contributed by atoms with Crippen molar-refractivity contribution in [3.8, 4) is 0 Å². The van der Waals surface area contributed by atoms with E-state index in [1.54, 1.807) is 11.8 Å². The van der Waals surface area contributed by atoms with Gasteiger partial charge in [0, 0.05) is 24.7 Å². The van der Waals surface area contributed by atoms with E-state index in [0.29, 0.717) is 12.0 Å². The maximum atomic E-state index is 11.7. The molecule has 0 bridgehead atoms. The number of carbonyl (C=O) groups excluding carboxylic acids is 2. The molecule has 2 rings (SSSR count). The molecule has 0 spiro atoms. The Kier molecular flexibility index (Phi) is 4.15. The van der Waals surface area contributed by atoms with Crippen molar-refractivity contribution in [1.29, 1.82) is 0 Å². The van der Waals surface area contributed by atoms with E-state index >= 15 is 0 Å². The lowest BCUT2D eigenvalue weighted by Crippen LogP contribution is -2.30. The van der Waals surface area contributed by atoms with E-state index in [4.69, 9.17) is 0 Å². The molecular weight excluding hydrogens is 238 g/mol. The minimum atomic E-state index is 0.0689. The van der Waals surface area contributed by atoms with E-state index in [0.717, 1.165) is 30.5 Å². The summed E-state index contributed by atoms with van der Waals surface area (Å²) < 4.78 is 0. The molecule has 0 saturated carbocycles. The summed E-state index contributed by atoms with van der Waals surface area (Å²) >= 11 is 0. The average molecular weight is 257 g/mol. The number of nitrogens with zero attached hydrogens (tertiary/aromatic N) is 1. The van der Waals surface area contributed by atoms with Gasteiger partial charge in [0.05, 0.1) is 0 Å². The summed E-state index contributed by atoms with van der Waals surface area (Å²) in [6, 6.07) is 7.51. The number of piperidine rings is 1. The molecule has 1 aliphatic heterocycles. The second kappa shape index (κ2) is 5.83. The van der Waals surface area contributed by atoms with Gasteiger partial charge in [-0.05, 0) is 37.8 Å². The lowest BCUT2D eigenvalue weighted by atomic mass is 10.0. The molecule has 0 aromatic heterocycles. The quantitative estimate of drug-likeness (QED) is 0.779. The summed E-state index contributed by atoms with van der Waals surface area (Å²) in [4.78, 5) is 24.8. The van der Waals surface area contributed by atoms with Gasteiger partial charge in [-0.3, -0.25) is 9.59 Å². The number of allylic oxidation sites excluding steroid dienone is 1. The second-order valence-corrected chi connectivity index (χ2v) is 4.99. The Balaban J connectivity index is 2.16. The Morgan fingerprint density at radius 3 is 2.32 bits per heavy atom. The maximum absolute atomic E-state index is 11.7. The minimum absolute atomic E-state index is 0.0689. The fourth-order valence-corrected chi connectivity index (χ4v) is 2.24. The highest BCUT2D eigenvalue weighted by atomic mass is 16.2. The van der Waals surface area contributed by atoms with Gasteiger partial charge in [-0.25, -0.2) is 0 Å². The van der Waals surface area contributed by atoms with Crippen molar-refractivity contribution in [2.24, 2.45) is 0 Å². The molecule has 0 atom stereocenters. The van der Waals surface area contributed by atoms with Gasteiger partial charge in [0.15, 0.2) is 5.78 Å². The molecule has 1 aromatic rings. The van der Waals surface area contributed by atoms with Crippen molar-refractivity contribution in [3.05, 3.63) is 41.6 Å². The van der Waals surface area contributed by atoms with Crippen LogP contribution in [0.5, 0.6) is 0 Å². The summed E-state index contributed by atoms with van der Waals surface area (Å²) in [5, 5.41) is 0. The van der Waals surface area contributed by atoms with Crippen molar-refractivity contribution in [3.63, 3.8) is 0 Å². The number of amides is 1. The Hall–Kier alpha value is -1.90. The first kappa shape index (κ1) is 13.5. The molecule has 1 amide bonds. The number of Topliss-reactive ketones (excluding diaryl/α,β-unsaturated/α-hetero) is 1. The number of likely N-dealkylation sites (tertiary alicyclic amines) is 1. The zero-order valence-corrected chi connectivity index (χ0v) is 11.5. The minimum Gasteiger partial charge on any atom is -0.319 e. The summed E-state index contributed by atoms with van der Waals surface area (Å²) in [7, 11) is 0. The Morgan fingerprint density at radius 1 is 1.11 bits per heavy atom. The zero-order chi connectivity index (χ0) is 13.8. The molecule has 0 aliphatic carbocycles. The van der Waals surface area contributed by atoms with Crippen LogP contribution in [0.25, 0.3) is 5.57 Å². The van der Waals surface area contributed by atoms with Crippen LogP contribution in [0.15, 0.2) is 30.5 Å². The van der Waals surface area contributed by atoms with Crippen LogP contribution in [0.1, 0.15) is 49.0 Å². The predicted molar refractivity (Wildman–Crippen MR) is 75.7 cm³/mol. The fraction of sp³-hybridized carbons (Fsp3) is 0.375. The number of carbonyl (C=O) groups is 2. The van der Waals surface area contributed by atoms with Gasteiger partial charge in [-0.1, -0.05) is 24.3 Å². The molecule has 100 valence electrons. The maximum Gasteiger partial charge on any atom is 0.226 e. The SMILES string of the molecule is CC(=O)c1ccc(/C(C)=C/N2CCCCC2=O)cc1. The highest BCUT2D eigenvalue weighted by Gasteiger charge is 2.16. The number of hydrogen-bond donors (Lipinski definition) is 0. The van der Waals surface area contributed by atoms with Crippen LogP contribution in [0.2, 0.25) is 0 Å². The first-order valence-corrected chi connectivity index (χ1v) is 6.67. The standard InChI is InChI=1S/C16H19NO2/c1-12(11-17-10-4-3-5-16(17)19)14-6-8-15(9-7-14)13(2)18/h6-9,11H,3-5,10H2,1-2H3/b12-11+. The Labute approximate surface area is 113 Å². The van der Waals surface area contributed by atoms with E-state index in [1.807, 2.05) is 37.4 Å². The molecule has 1 heterocycles.